The number of rotatable bonds is 5. The summed E-state index contributed by atoms with van der Waals surface area (Å²) in [4.78, 5) is 23.7. The lowest BCUT2D eigenvalue weighted by atomic mass is 10.2. The molecule has 10 heteroatoms. The van der Waals surface area contributed by atoms with Crippen LogP contribution in [0.2, 0.25) is 0 Å². The van der Waals surface area contributed by atoms with E-state index in [4.69, 9.17) is 4.74 Å². The predicted octanol–water partition coefficient (Wildman–Crippen LogP) is 4.26. The molecule has 0 saturated heterocycles. The molecular weight excluding hydrogens is 533 g/mol. The van der Waals surface area contributed by atoms with Crippen molar-refractivity contribution in [3.8, 4) is 0 Å². The van der Waals surface area contributed by atoms with Gasteiger partial charge in [-0.1, -0.05) is 31.9 Å². The second kappa shape index (κ2) is 8.93. The number of carbonyl (C=O) groups excluding carboxylic acids is 2. The summed E-state index contributed by atoms with van der Waals surface area (Å²) in [6.45, 7) is 4.72. The Balaban J connectivity index is 2.29. The fourth-order valence-corrected chi connectivity index (χ4v) is 4.95. The van der Waals surface area contributed by atoms with Crippen LogP contribution in [0, 0.1) is 5.82 Å². The standard InChI is InChI=1S/C19H18Br2FNO5S/c1-19(2,3)28-17(24)10-23-18(25)11-4-12(20)7-15(5-11)29(26,27)16-8-13(21)6-14(22)9-16/h4-9H,10H2,1-3H3,(H,23,25). The van der Waals surface area contributed by atoms with Crippen molar-refractivity contribution >= 4 is 53.6 Å². The number of esters is 1. The van der Waals surface area contributed by atoms with Crippen molar-refractivity contribution in [2.75, 3.05) is 6.54 Å². The van der Waals surface area contributed by atoms with E-state index in [0.717, 1.165) is 18.2 Å². The maximum absolute atomic E-state index is 13.6. The summed E-state index contributed by atoms with van der Waals surface area (Å²) < 4.78 is 45.1. The molecule has 0 aromatic heterocycles. The average Bonchev–Trinajstić information content (AvgIpc) is 2.56. The zero-order chi connectivity index (χ0) is 22.0. The van der Waals surface area contributed by atoms with Gasteiger partial charge in [0.2, 0.25) is 9.84 Å². The molecule has 1 N–H and O–H groups in total. The molecule has 156 valence electrons. The van der Waals surface area contributed by atoms with E-state index in [1.165, 1.54) is 18.2 Å². The molecule has 29 heavy (non-hydrogen) atoms. The van der Waals surface area contributed by atoms with Crippen LogP contribution in [0.1, 0.15) is 31.1 Å². The van der Waals surface area contributed by atoms with Gasteiger partial charge in [-0.3, -0.25) is 9.59 Å². The van der Waals surface area contributed by atoms with Gasteiger partial charge >= 0.3 is 5.97 Å². The van der Waals surface area contributed by atoms with Crippen molar-refractivity contribution in [2.45, 2.75) is 36.2 Å². The predicted molar refractivity (Wildman–Crippen MR) is 112 cm³/mol. The third kappa shape index (κ3) is 6.61. The largest absolute Gasteiger partial charge is 0.459 e. The number of nitrogens with one attached hydrogen (secondary N) is 1. The Morgan fingerprint density at radius 3 is 2.10 bits per heavy atom. The third-order valence-electron chi connectivity index (χ3n) is 3.40. The van der Waals surface area contributed by atoms with E-state index in [0.29, 0.717) is 4.47 Å². The molecule has 2 rings (SSSR count). The van der Waals surface area contributed by atoms with Crippen molar-refractivity contribution in [2.24, 2.45) is 0 Å². The quantitative estimate of drug-likeness (QED) is 0.562. The Morgan fingerprint density at radius 1 is 1.00 bits per heavy atom. The molecule has 0 radical (unpaired) electrons. The highest BCUT2D eigenvalue weighted by Crippen LogP contribution is 2.28. The van der Waals surface area contributed by atoms with Gasteiger partial charge in [0.25, 0.3) is 5.91 Å². The van der Waals surface area contributed by atoms with Crippen molar-refractivity contribution in [3.05, 3.63) is 56.7 Å². The Kier molecular flexibility index (Phi) is 7.23. The smallest absolute Gasteiger partial charge is 0.325 e. The van der Waals surface area contributed by atoms with Crippen LogP contribution in [0.5, 0.6) is 0 Å². The van der Waals surface area contributed by atoms with E-state index in [1.54, 1.807) is 20.8 Å². The lowest BCUT2D eigenvalue weighted by Gasteiger charge is -2.19. The zero-order valence-corrected chi connectivity index (χ0v) is 19.7. The first-order chi connectivity index (χ1) is 13.3. The SMILES string of the molecule is CC(C)(C)OC(=O)CNC(=O)c1cc(Br)cc(S(=O)(=O)c2cc(F)cc(Br)c2)c1. The van der Waals surface area contributed by atoms with Gasteiger partial charge in [0.05, 0.1) is 9.79 Å². The molecule has 1 amide bonds. The molecule has 0 aliphatic rings. The first-order valence-electron chi connectivity index (χ1n) is 8.30. The Bertz CT molecular complexity index is 1040. The van der Waals surface area contributed by atoms with E-state index in [-0.39, 0.29) is 26.4 Å². The zero-order valence-electron chi connectivity index (χ0n) is 15.8. The average molecular weight is 551 g/mol. The number of amides is 1. The topological polar surface area (TPSA) is 89.5 Å². The second-order valence-electron chi connectivity index (χ2n) is 7.05. The molecular formula is C19H18Br2FNO5S. The summed E-state index contributed by atoms with van der Waals surface area (Å²) in [6.07, 6.45) is 0. The van der Waals surface area contributed by atoms with Crippen LogP contribution < -0.4 is 5.32 Å². The van der Waals surface area contributed by atoms with Crippen molar-refractivity contribution < 1.29 is 27.1 Å². The maximum Gasteiger partial charge on any atom is 0.325 e. The second-order valence-corrected chi connectivity index (χ2v) is 10.8. The van der Waals surface area contributed by atoms with E-state index in [9.17, 15) is 22.4 Å². The molecule has 2 aromatic rings. The van der Waals surface area contributed by atoms with Crippen LogP contribution in [0.15, 0.2) is 55.1 Å². The minimum absolute atomic E-state index is 0.0111. The summed E-state index contributed by atoms with van der Waals surface area (Å²) >= 11 is 6.24. The van der Waals surface area contributed by atoms with Crippen molar-refractivity contribution in [3.63, 3.8) is 0 Å². The minimum Gasteiger partial charge on any atom is -0.459 e. The number of carbonyl (C=O) groups is 2. The van der Waals surface area contributed by atoms with Gasteiger partial charge in [0, 0.05) is 14.5 Å². The summed E-state index contributed by atoms with van der Waals surface area (Å²) in [5, 5.41) is 2.39. The van der Waals surface area contributed by atoms with Crippen LogP contribution in [0.4, 0.5) is 4.39 Å². The highest BCUT2D eigenvalue weighted by molar-refractivity contribution is 9.10. The molecule has 0 fully saturated rings. The molecule has 0 bridgehead atoms. The fraction of sp³-hybridized carbons (Fsp3) is 0.263. The van der Waals surface area contributed by atoms with Crippen molar-refractivity contribution in [1.82, 2.24) is 5.32 Å². The number of benzene rings is 2. The number of hydrogen-bond acceptors (Lipinski definition) is 5. The fourth-order valence-electron chi connectivity index (χ4n) is 2.30. The normalized spacial score (nSPS) is 11.8. The van der Waals surface area contributed by atoms with Gasteiger partial charge in [-0.15, -0.1) is 0 Å². The summed E-state index contributed by atoms with van der Waals surface area (Å²) in [6, 6.07) is 7.16. The van der Waals surface area contributed by atoms with Crippen LogP contribution >= 0.6 is 31.9 Å². The number of halogens is 3. The minimum atomic E-state index is -4.09. The van der Waals surface area contributed by atoms with E-state index >= 15 is 0 Å². The Hall–Kier alpha value is -1.78. The first kappa shape index (κ1) is 23.5. The third-order valence-corrected chi connectivity index (χ3v) is 6.03. The highest BCUT2D eigenvalue weighted by Gasteiger charge is 2.22. The monoisotopic (exact) mass is 549 g/mol. The molecule has 0 aliphatic heterocycles. The number of sulfone groups is 1. The van der Waals surface area contributed by atoms with Crippen LogP contribution in [0.25, 0.3) is 0 Å². The lowest BCUT2D eigenvalue weighted by Crippen LogP contribution is -2.34. The van der Waals surface area contributed by atoms with Gasteiger partial charge in [-0.2, -0.15) is 0 Å². The summed E-state index contributed by atoms with van der Waals surface area (Å²) in [5.74, 6) is -2.00. The van der Waals surface area contributed by atoms with Gasteiger partial charge < -0.3 is 10.1 Å². The van der Waals surface area contributed by atoms with E-state index < -0.39 is 33.1 Å². The molecule has 0 atom stereocenters. The van der Waals surface area contributed by atoms with Gasteiger partial charge in [0.1, 0.15) is 18.0 Å². The van der Waals surface area contributed by atoms with Gasteiger partial charge in [0.15, 0.2) is 0 Å². The molecule has 0 aliphatic carbocycles. The molecule has 2 aromatic carbocycles. The van der Waals surface area contributed by atoms with Crippen molar-refractivity contribution in [1.29, 1.82) is 0 Å². The van der Waals surface area contributed by atoms with Crippen LogP contribution in [0.3, 0.4) is 0 Å². The van der Waals surface area contributed by atoms with Crippen LogP contribution in [-0.2, 0) is 19.4 Å². The van der Waals surface area contributed by atoms with E-state index in [1.807, 2.05) is 0 Å². The number of ether oxygens (including phenoxy) is 1. The summed E-state index contributed by atoms with van der Waals surface area (Å²) in [5.41, 5.74) is -0.685. The molecule has 0 saturated carbocycles. The number of hydrogen-bond donors (Lipinski definition) is 1. The maximum atomic E-state index is 13.6. The molecule has 0 heterocycles. The van der Waals surface area contributed by atoms with Gasteiger partial charge in [-0.05, 0) is 57.2 Å². The first-order valence-corrected chi connectivity index (χ1v) is 11.4. The molecule has 0 spiro atoms. The van der Waals surface area contributed by atoms with E-state index in [2.05, 4.69) is 37.2 Å². The molecule has 6 nitrogen and oxygen atoms in total. The Labute approximate surface area is 185 Å². The lowest BCUT2D eigenvalue weighted by molar-refractivity contribution is -0.153. The summed E-state index contributed by atoms with van der Waals surface area (Å²) in [7, 11) is -4.09. The van der Waals surface area contributed by atoms with Crippen LogP contribution in [-0.4, -0.2) is 32.4 Å². The Morgan fingerprint density at radius 2 is 1.55 bits per heavy atom. The van der Waals surface area contributed by atoms with Gasteiger partial charge in [-0.25, -0.2) is 12.8 Å². The molecule has 0 unspecified atom stereocenters. The highest BCUT2D eigenvalue weighted by atomic mass is 79.9.